The maximum absolute atomic E-state index is 12.0. The van der Waals surface area contributed by atoms with Gasteiger partial charge in [0.2, 0.25) is 0 Å². The SMILES string of the molecule is CC1CCC(Nc2ccccc2NC(=O)OC(C)(C)C)CC1C. The molecule has 0 bridgehead atoms. The molecule has 1 fully saturated rings. The normalized spacial score (nSPS) is 24.8. The molecule has 1 aromatic carbocycles. The molecule has 2 rings (SSSR count). The maximum atomic E-state index is 12.0. The van der Waals surface area contributed by atoms with Gasteiger partial charge in [0.1, 0.15) is 5.60 Å². The number of carbonyl (C=O) groups excluding carboxylic acids is 1. The average Bonchev–Trinajstić information content (AvgIpc) is 2.43. The minimum atomic E-state index is -0.499. The molecule has 4 heteroatoms. The van der Waals surface area contributed by atoms with E-state index in [0.29, 0.717) is 6.04 Å². The average molecular weight is 318 g/mol. The van der Waals surface area contributed by atoms with Gasteiger partial charge in [0.25, 0.3) is 0 Å². The highest BCUT2D eigenvalue weighted by Crippen LogP contribution is 2.32. The van der Waals surface area contributed by atoms with E-state index in [2.05, 4.69) is 24.5 Å². The van der Waals surface area contributed by atoms with Gasteiger partial charge in [-0.25, -0.2) is 4.79 Å². The van der Waals surface area contributed by atoms with Gasteiger partial charge in [0.15, 0.2) is 0 Å². The van der Waals surface area contributed by atoms with Crippen molar-refractivity contribution in [3.8, 4) is 0 Å². The lowest BCUT2D eigenvalue weighted by atomic mass is 9.79. The zero-order valence-corrected chi connectivity index (χ0v) is 15.0. The molecule has 2 N–H and O–H groups in total. The molecule has 1 aliphatic rings. The number of hydrogen-bond donors (Lipinski definition) is 2. The predicted octanol–water partition coefficient (Wildman–Crippen LogP) is 5.27. The standard InChI is InChI=1S/C19H30N2O2/c1-13-10-11-15(12-14(13)2)20-16-8-6-7-9-17(16)21-18(22)23-19(3,4)5/h6-9,13-15,20H,10-12H2,1-5H3,(H,21,22). The number of carbonyl (C=O) groups is 1. The van der Waals surface area contributed by atoms with Crippen LogP contribution in [0.5, 0.6) is 0 Å². The van der Waals surface area contributed by atoms with E-state index in [1.165, 1.54) is 19.3 Å². The molecular formula is C19H30N2O2. The highest BCUT2D eigenvalue weighted by atomic mass is 16.6. The second-order valence-electron chi connectivity index (χ2n) is 7.78. The monoisotopic (exact) mass is 318 g/mol. The molecule has 128 valence electrons. The minimum Gasteiger partial charge on any atom is -0.444 e. The van der Waals surface area contributed by atoms with E-state index >= 15 is 0 Å². The Balaban J connectivity index is 2.01. The van der Waals surface area contributed by atoms with E-state index < -0.39 is 11.7 Å². The molecule has 0 saturated heterocycles. The zero-order valence-electron chi connectivity index (χ0n) is 15.0. The van der Waals surface area contributed by atoms with Crippen molar-refractivity contribution in [2.75, 3.05) is 10.6 Å². The first kappa shape index (κ1) is 17.6. The highest BCUT2D eigenvalue weighted by Gasteiger charge is 2.25. The number of ether oxygens (including phenoxy) is 1. The number of rotatable bonds is 3. The molecule has 3 unspecified atom stereocenters. The number of nitrogens with one attached hydrogen (secondary N) is 2. The fourth-order valence-electron chi connectivity index (χ4n) is 3.03. The van der Waals surface area contributed by atoms with E-state index in [-0.39, 0.29) is 0 Å². The van der Waals surface area contributed by atoms with Crippen LogP contribution in [0.1, 0.15) is 53.9 Å². The number of anilines is 2. The smallest absolute Gasteiger partial charge is 0.412 e. The van der Waals surface area contributed by atoms with Crippen molar-refractivity contribution in [3.63, 3.8) is 0 Å². The molecule has 1 amide bonds. The Hall–Kier alpha value is -1.71. The molecule has 1 aliphatic carbocycles. The molecule has 3 atom stereocenters. The summed E-state index contributed by atoms with van der Waals surface area (Å²) in [6.45, 7) is 10.2. The van der Waals surface area contributed by atoms with Gasteiger partial charge in [0, 0.05) is 6.04 Å². The molecular weight excluding hydrogens is 288 g/mol. The first-order valence-corrected chi connectivity index (χ1v) is 8.60. The van der Waals surface area contributed by atoms with Crippen molar-refractivity contribution in [2.45, 2.75) is 65.5 Å². The van der Waals surface area contributed by atoms with Crippen LogP contribution < -0.4 is 10.6 Å². The summed E-state index contributed by atoms with van der Waals surface area (Å²) in [5, 5.41) is 6.45. The molecule has 0 aliphatic heterocycles. The van der Waals surface area contributed by atoms with Crippen LogP contribution in [0.2, 0.25) is 0 Å². The van der Waals surface area contributed by atoms with E-state index in [1.807, 2.05) is 45.0 Å². The molecule has 0 spiro atoms. The first-order chi connectivity index (χ1) is 10.7. The van der Waals surface area contributed by atoms with Crippen LogP contribution in [0, 0.1) is 11.8 Å². The van der Waals surface area contributed by atoms with Crippen LogP contribution in [0.3, 0.4) is 0 Å². The van der Waals surface area contributed by atoms with Crippen LogP contribution in [0.15, 0.2) is 24.3 Å². The molecule has 1 saturated carbocycles. The summed E-state index contributed by atoms with van der Waals surface area (Å²) in [6, 6.07) is 8.28. The summed E-state index contributed by atoms with van der Waals surface area (Å²) in [7, 11) is 0. The third-order valence-corrected chi connectivity index (χ3v) is 4.52. The number of hydrogen-bond acceptors (Lipinski definition) is 3. The summed E-state index contributed by atoms with van der Waals surface area (Å²) >= 11 is 0. The lowest BCUT2D eigenvalue weighted by Gasteiger charge is -2.33. The number of para-hydroxylation sites is 2. The van der Waals surface area contributed by atoms with Crippen LogP contribution in [-0.2, 0) is 4.74 Å². The van der Waals surface area contributed by atoms with E-state index in [0.717, 1.165) is 23.2 Å². The van der Waals surface area contributed by atoms with Crippen molar-refractivity contribution in [1.82, 2.24) is 0 Å². The first-order valence-electron chi connectivity index (χ1n) is 8.60. The zero-order chi connectivity index (χ0) is 17.0. The quantitative estimate of drug-likeness (QED) is 0.798. The Labute approximate surface area is 140 Å². The topological polar surface area (TPSA) is 50.4 Å². The van der Waals surface area contributed by atoms with Crippen molar-refractivity contribution >= 4 is 17.5 Å². The fourth-order valence-corrected chi connectivity index (χ4v) is 3.03. The Bertz CT molecular complexity index is 536. The van der Waals surface area contributed by atoms with Crippen molar-refractivity contribution in [1.29, 1.82) is 0 Å². The van der Waals surface area contributed by atoms with E-state index in [1.54, 1.807) is 0 Å². The predicted molar refractivity (Wildman–Crippen MR) is 95.9 cm³/mol. The minimum absolute atomic E-state index is 0.419. The van der Waals surface area contributed by atoms with Crippen LogP contribution >= 0.6 is 0 Å². The molecule has 0 radical (unpaired) electrons. The second kappa shape index (κ2) is 7.24. The summed E-state index contributed by atoms with van der Waals surface area (Å²) in [5.74, 6) is 1.52. The third-order valence-electron chi connectivity index (χ3n) is 4.52. The van der Waals surface area contributed by atoms with Gasteiger partial charge in [-0.1, -0.05) is 26.0 Å². The van der Waals surface area contributed by atoms with E-state index in [9.17, 15) is 4.79 Å². The Morgan fingerprint density at radius 3 is 2.35 bits per heavy atom. The van der Waals surface area contributed by atoms with Gasteiger partial charge in [0.05, 0.1) is 11.4 Å². The van der Waals surface area contributed by atoms with Gasteiger partial charge in [-0.2, -0.15) is 0 Å². The lowest BCUT2D eigenvalue weighted by Crippen LogP contribution is -2.31. The van der Waals surface area contributed by atoms with Gasteiger partial charge in [-0.15, -0.1) is 0 Å². The molecule has 4 nitrogen and oxygen atoms in total. The number of benzene rings is 1. The van der Waals surface area contributed by atoms with Crippen LogP contribution in [0.25, 0.3) is 0 Å². The summed E-state index contributed by atoms with van der Waals surface area (Å²) in [5.41, 5.74) is 1.24. The van der Waals surface area contributed by atoms with E-state index in [4.69, 9.17) is 4.74 Å². The van der Waals surface area contributed by atoms with Crippen molar-refractivity contribution in [3.05, 3.63) is 24.3 Å². The van der Waals surface area contributed by atoms with Crippen molar-refractivity contribution < 1.29 is 9.53 Å². The highest BCUT2D eigenvalue weighted by molar-refractivity contribution is 5.89. The summed E-state index contributed by atoms with van der Waals surface area (Å²) < 4.78 is 5.34. The Kier molecular flexibility index (Phi) is 5.55. The maximum Gasteiger partial charge on any atom is 0.412 e. The third kappa shape index (κ3) is 5.45. The lowest BCUT2D eigenvalue weighted by molar-refractivity contribution is 0.0636. The number of amides is 1. The van der Waals surface area contributed by atoms with Crippen molar-refractivity contribution in [2.24, 2.45) is 11.8 Å². The van der Waals surface area contributed by atoms with Gasteiger partial charge in [-0.3, -0.25) is 5.32 Å². The second-order valence-corrected chi connectivity index (χ2v) is 7.78. The molecule has 0 aromatic heterocycles. The molecule has 0 heterocycles. The molecule has 23 heavy (non-hydrogen) atoms. The van der Waals surface area contributed by atoms with Gasteiger partial charge >= 0.3 is 6.09 Å². The summed E-state index contributed by atoms with van der Waals surface area (Å²) in [4.78, 5) is 12.0. The van der Waals surface area contributed by atoms with Crippen LogP contribution in [0.4, 0.5) is 16.2 Å². The van der Waals surface area contributed by atoms with Crippen LogP contribution in [-0.4, -0.2) is 17.7 Å². The Morgan fingerprint density at radius 2 is 1.74 bits per heavy atom. The largest absolute Gasteiger partial charge is 0.444 e. The fraction of sp³-hybridized carbons (Fsp3) is 0.632. The molecule has 1 aromatic rings. The Morgan fingerprint density at radius 1 is 1.09 bits per heavy atom. The van der Waals surface area contributed by atoms with Gasteiger partial charge in [-0.05, 0) is 64.0 Å². The summed E-state index contributed by atoms with van der Waals surface area (Å²) in [6.07, 6.45) is 3.17. The van der Waals surface area contributed by atoms with Gasteiger partial charge < -0.3 is 10.1 Å².